The van der Waals surface area contributed by atoms with E-state index in [-0.39, 0.29) is 12.2 Å². The Labute approximate surface area is 160 Å². The second-order valence-corrected chi connectivity index (χ2v) is 7.27. The van der Waals surface area contributed by atoms with Crippen LogP contribution in [0.5, 0.6) is 0 Å². The fourth-order valence-corrected chi connectivity index (χ4v) is 4.44. The number of nitrogens with zero attached hydrogens (tertiary/aromatic N) is 1. The van der Waals surface area contributed by atoms with Crippen LogP contribution in [0.1, 0.15) is 11.1 Å². The van der Waals surface area contributed by atoms with Gasteiger partial charge in [-0.3, -0.25) is 4.79 Å². The van der Waals surface area contributed by atoms with Gasteiger partial charge in [-0.05, 0) is 35.6 Å². The number of rotatable bonds is 5. The zero-order valence-corrected chi connectivity index (χ0v) is 15.6. The average Bonchev–Trinajstić information content (AvgIpc) is 2.97. The highest BCUT2D eigenvalue weighted by molar-refractivity contribution is 7.98. The van der Waals surface area contributed by atoms with Crippen LogP contribution < -0.4 is 0 Å². The van der Waals surface area contributed by atoms with Gasteiger partial charge in [-0.15, -0.1) is 11.8 Å². The topological polar surface area (TPSA) is 42.2 Å². The van der Waals surface area contributed by atoms with Gasteiger partial charge >= 0.3 is 5.97 Å². The highest BCUT2D eigenvalue weighted by atomic mass is 32.2. The first-order valence-corrected chi connectivity index (χ1v) is 9.84. The summed E-state index contributed by atoms with van der Waals surface area (Å²) >= 11 is 1.57. The summed E-state index contributed by atoms with van der Waals surface area (Å²) in [5.74, 6) is -1.10. The predicted molar refractivity (Wildman–Crippen MR) is 108 cm³/mol. The molecule has 27 heavy (non-hydrogen) atoms. The van der Waals surface area contributed by atoms with E-state index in [9.17, 15) is 14.3 Å². The summed E-state index contributed by atoms with van der Waals surface area (Å²) in [6.07, 6.45) is 1.96. The molecular weight excluding hydrogens is 361 g/mol. The van der Waals surface area contributed by atoms with Gasteiger partial charge < -0.3 is 9.67 Å². The van der Waals surface area contributed by atoms with Crippen LogP contribution in [0.2, 0.25) is 0 Å². The van der Waals surface area contributed by atoms with Gasteiger partial charge in [-0.1, -0.05) is 42.5 Å². The monoisotopic (exact) mass is 379 g/mol. The minimum absolute atomic E-state index is 0.00974. The minimum Gasteiger partial charge on any atom is -0.481 e. The number of hydrogen-bond acceptors (Lipinski definition) is 2. The smallest absolute Gasteiger partial charge is 0.307 e. The summed E-state index contributed by atoms with van der Waals surface area (Å²) in [5, 5.41) is 11.5. The average molecular weight is 379 g/mol. The molecule has 0 aliphatic rings. The number of aliphatic carboxylic acids is 1. The standard InChI is InChI=1S/C22H18FNO2S/c1-27-22-15(12-20(25)26)8-11-18-17-4-2-3-5-19(17)24(21(18)22)13-14-6-9-16(23)10-7-14/h2-11H,12-13H2,1H3,(H,25,26). The van der Waals surface area contributed by atoms with Crippen molar-refractivity contribution in [2.75, 3.05) is 6.26 Å². The number of carboxylic acid groups (broad SMARTS) is 1. The summed E-state index contributed by atoms with van der Waals surface area (Å²) in [5.41, 5.74) is 3.92. The lowest BCUT2D eigenvalue weighted by atomic mass is 10.1. The molecule has 0 spiro atoms. The van der Waals surface area contributed by atoms with Gasteiger partial charge in [0.2, 0.25) is 0 Å². The zero-order valence-electron chi connectivity index (χ0n) is 14.8. The lowest BCUT2D eigenvalue weighted by Crippen LogP contribution is -2.04. The Kier molecular flexibility index (Phi) is 4.62. The Hall–Kier alpha value is -2.79. The number of thioether (sulfide) groups is 1. The van der Waals surface area contributed by atoms with E-state index in [0.717, 1.165) is 37.8 Å². The number of para-hydroxylation sites is 1. The Morgan fingerprint density at radius 2 is 1.78 bits per heavy atom. The number of hydrogen-bond donors (Lipinski definition) is 1. The van der Waals surface area contributed by atoms with Crippen LogP contribution in [-0.2, 0) is 17.8 Å². The van der Waals surface area contributed by atoms with E-state index in [1.165, 1.54) is 12.1 Å². The van der Waals surface area contributed by atoms with Crippen molar-refractivity contribution in [3.8, 4) is 0 Å². The van der Waals surface area contributed by atoms with Gasteiger partial charge in [-0.2, -0.15) is 0 Å². The molecule has 1 aromatic heterocycles. The fourth-order valence-electron chi connectivity index (χ4n) is 3.62. The van der Waals surface area contributed by atoms with E-state index in [0.29, 0.717) is 6.54 Å². The third-order valence-corrected chi connectivity index (χ3v) is 5.63. The summed E-state index contributed by atoms with van der Waals surface area (Å²) in [6, 6.07) is 18.6. The van der Waals surface area contributed by atoms with Crippen molar-refractivity contribution in [3.05, 3.63) is 77.6 Å². The summed E-state index contributed by atoms with van der Waals surface area (Å²) in [4.78, 5) is 12.3. The summed E-state index contributed by atoms with van der Waals surface area (Å²) in [6.45, 7) is 0.592. The molecule has 1 heterocycles. The van der Waals surface area contributed by atoms with E-state index in [4.69, 9.17) is 0 Å². The molecule has 4 aromatic rings. The molecular formula is C22H18FNO2S. The first kappa shape index (κ1) is 17.6. The third-order valence-electron chi connectivity index (χ3n) is 4.77. The van der Waals surface area contributed by atoms with Crippen molar-refractivity contribution >= 4 is 39.5 Å². The van der Waals surface area contributed by atoms with Crippen molar-refractivity contribution in [3.63, 3.8) is 0 Å². The quantitative estimate of drug-likeness (QED) is 0.477. The van der Waals surface area contributed by atoms with E-state index < -0.39 is 5.97 Å². The van der Waals surface area contributed by atoms with Gasteiger partial charge in [0.25, 0.3) is 0 Å². The zero-order chi connectivity index (χ0) is 19.0. The van der Waals surface area contributed by atoms with Crippen molar-refractivity contribution in [1.82, 2.24) is 4.57 Å². The molecule has 0 aliphatic carbocycles. The maximum atomic E-state index is 13.3. The lowest BCUT2D eigenvalue weighted by molar-refractivity contribution is -0.136. The molecule has 1 N–H and O–H groups in total. The van der Waals surface area contributed by atoms with Crippen LogP contribution in [0.4, 0.5) is 4.39 Å². The molecule has 0 unspecified atom stereocenters. The van der Waals surface area contributed by atoms with Crippen molar-refractivity contribution in [1.29, 1.82) is 0 Å². The Bertz CT molecular complexity index is 1150. The fraction of sp³-hybridized carbons (Fsp3) is 0.136. The second-order valence-electron chi connectivity index (χ2n) is 6.45. The van der Waals surface area contributed by atoms with E-state index in [1.54, 1.807) is 23.9 Å². The molecule has 0 fully saturated rings. The second kappa shape index (κ2) is 7.08. The third kappa shape index (κ3) is 3.19. The van der Waals surface area contributed by atoms with Gasteiger partial charge in [0.15, 0.2) is 0 Å². The van der Waals surface area contributed by atoms with E-state index >= 15 is 0 Å². The van der Waals surface area contributed by atoms with E-state index in [1.807, 2.05) is 30.5 Å². The Balaban J connectivity index is 2.00. The van der Waals surface area contributed by atoms with Crippen molar-refractivity contribution in [2.45, 2.75) is 17.9 Å². The number of carbonyl (C=O) groups is 1. The van der Waals surface area contributed by atoms with Gasteiger partial charge in [0, 0.05) is 27.7 Å². The molecule has 3 aromatic carbocycles. The first-order valence-electron chi connectivity index (χ1n) is 8.61. The number of carboxylic acids is 1. The van der Waals surface area contributed by atoms with Crippen molar-refractivity contribution in [2.24, 2.45) is 0 Å². The molecule has 0 amide bonds. The summed E-state index contributed by atoms with van der Waals surface area (Å²) < 4.78 is 15.5. The minimum atomic E-state index is -0.842. The van der Waals surface area contributed by atoms with Crippen LogP contribution in [0, 0.1) is 5.82 Å². The van der Waals surface area contributed by atoms with Crippen LogP contribution >= 0.6 is 11.8 Å². The first-order chi connectivity index (χ1) is 13.1. The van der Waals surface area contributed by atoms with Crippen LogP contribution in [0.25, 0.3) is 21.8 Å². The molecule has 0 atom stereocenters. The molecule has 0 bridgehead atoms. The molecule has 0 saturated carbocycles. The number of benzene rings is 3. The van der Waals surface area contributed by atoms with Gasteiger partial charge in [0.1, 0.15) is 5.82 Å². The normalized spacial score (nSPS) is 11.3. The molecule has 5 heteroatoms. The molecule has 4 rings (SSSR count). The summed E-state index contributed by atoms with van der Waals surface area (Å²) in [7, 11) is 0. The van der Waals surface area contributed by atoms with E-state index in [2.05, 4.69) is 16.7 Å². The SMILES string of the molecule is CSc1c(CC(=O)O)ccc2c3ccccc3n(Cc3ccc(F)cc3)c12. The molecule has 136 valence electrons. The predicted octanol–water partition coefficient (Wildman–Crippen LogP) is 5.33. The van der Waals surface area contributed by atoms with Crippen molar-refractivity contribution < 1.29 is 14.3 Å². The van der Waals surface area contributed by atoms with Crippen LogP contribution in [0.3, 0.4) is 0 Å². The number of aromatic nitrogens is 1. The molecule has 0 aliphatic heterocycles. The Morgan fingerprint density at radius 1 is 1.04 bits per heavy atom. The number of halogens is 1. The maximum Gasteiger partial charge on any atom is 0.307 e. The Morgan fingerprint density at radius 3 is 2.48 bits per heavy atom. The molecule has 3 nitrogen and oxygen atoms in total. The van der Waals surface area contributed by atoms with Gasteiger partial charge in [0.05, 0.1) is 11.9 Å². The maximum absolute atomic E-state index is 13.3. The largest absolute Gasteiger partial charge is 0.481 e. The lowest BCUT2D eigenvalue weighted by Gasteiger charge is -2.13. The highest BCUT2D eigenvalue weighted by Crippen LogP contribution is 2.37. The van der Waals surface area contributed by atoms with Crippen LogP contribution in [-0.4, -0.2) is 21.9 Å². The number of fused-ring (bicyclic) bond motifs is 3. The van der Waals surface area contributed by atoms with Gasteiger partial charge in [-0.25, -0.2) is 4.39 Å². The van der Waals surface area contributed by atoms with Crippen LogP contribution in [0.15, 0.2) is 65.6 Å². The molecule has 0 saturated heterocycles. The molecule has 0 radical (unpaired) electrons. The highest BCUT2D eigenvalue weighted by Gasteiger charge is 2.18.